The minimum Gasteiger partial charge on any atom is -0.497 e. The Bertz CT molecular complexity index is 872. The van der Waals surface area contributed by atoms with Gasteiger partial charge in [0.25, 0.3) is 0 Å². The highest BCUT2D eigenvalue weighted by Gasteiger charge is 2.29. The van der Waals surface area contributed by atoms with Gasteiger partial charge in [0.15, 0.2) is 0 Å². The number of rotatable bonds is 6. The van der Waals surface area contributed by atoms with Gasteiger partial charge in [-0.25, -0.2) is 4.79 Å². The third kappa shape index (κ3) is 5.48. The van der Waals surface area contributed by atoms with E-state index in [1.165, 1.54) is 18.2 Å². The molecule has 1 fully saturated rings. The molecular formula is C25H31NO3. The van der Waals surface area contributed by atoms with E-state index < -0.39 is 0 Å². The van der Waals surface area contributed by atoms with Crippen molar-refractivity contribution >= 4 is 12.0 Å². The van der Waals surface area contributed by atoms with E-state index in [1.54, 1.807) is 13.2 Å². The average molecular weight is 394 g/mol. The van der Waals surface area contributed by atoms with Gasteiger partial charge in [-0.2, -0.15) is 0 Å². The monoisotopic (exact) mass is 393 g/mol. The van der Waals surface area contributed by atoms with Crippen LogP contribution in [0, 0.1) is 5.92 Å². The van der Waals surface area contributed by atoms with E-state index in [4.69, 9.17) is 9.47 Å². The number of methoxy groups -OCH3 is 2. The number of nitrogens with zero attached hydrogens (tertiary/aromatic N) is 1. The summed E-state index contributed by atoms with van der Waals surface area (Å²) in [6.45, 7) is 1.08. The van der Waals surface area contributed by atoms with E-state index in [0.29, 0.717) is 17.4 Å². The Morgan fingerprint density at radius 3 is 2.66 bits per heavy atom. The Balaban J connectivity index is 1.87. The number of allylic oxidation sites excluding steroid dienone is 1. The minimum atomic E-state index is -0.297. The number of hydrogen-bond acceptors (Lipinski definition) is 4. The van der Waals surface area contributed by atoms with Crippen LogP contribution in [-0.2, 0) is 4.74 Å². The summed E-state index contributed by atoms with van der Waals surface area (Å²) in [5.74, 6) is 1.68. The average Bonchev–Trinajstić information content (AvgIpc) is 2.74. The summed E-state index contributed by atoms with van der Waals surface area (Å²) in [7, 11) is 7.42. The van der Waals surface area contributed by atoms with Crippen LogP contribution in [-0.4, -0.2) is 45.7 Å². The Morgan fingerprint density at radius 2 is 1.93 bits per heavy atom. The lowest BCUT2D eigenvalue weighted by Crippen LogP contribution is -2.29. The lowest BCUT2D eigenvalue weighted by Gasteiger charge is -2.35. The highest BCUT2D eigenvalue weighted by molar-refractivity contribution is 5.90. The van der Waals surface area contributed by atoms with Crippen molar-refractivity contribution in [1.82, 2.24) is 4.90 Å². The molecule has 154 valence electrons. The maximum atomic E-state index is 11.8. The number of esters is 1. The first kappa shape index (κ1) is 21.1. The van der Waals surface area contributed by atoms with Crippen molar-refractivity contribution in [3.05, 3.63) is 70.8 Å². The first-order chi connectivity index (χ1) is 14.0. The molecule has 4 heteroatoms. The molecule has 0 aliphatic heterocycles. The summed E-state index contributed by atoms with van der Waals surface area (Å²) in [5.41, 5.74) is 4.41. The van der Waals surface area contributed by atoms with Crippen LogP contribution in [0.15, 0.2) is 54.1 Å². The van der Waals surface area contributed by atoms with Gasteiger partial charge >= 0.3 is 5.97 Å². The summed E-state index contributed by atoms with van der Waals surface area (Å²) in [4.78, 5) is 14.1. The molecule has 2 atom stereocenters. The van der Waals surface area contributed by atoms with Crippen LogP contribution in [0.4, 0.5) is 0 Å². The van der Waals surface area contributed by atoms with Crippen LogP contribution in [0.3, 0.4) is 0 Å². The fraction of sp³-hybridized carbons (Fsp3) is 0.400. The molecule has 4 nitrogen and oxygen atoms in total. The van der Waals surface area contributed by atoms with E-state index in [0.717, 1.165) is 37.1 Å². The molecule has 0 radical (unpaired) electrons. The van der Waals surface area contributed by atoms with Crippen LogP contribution >= 0.6 is 0 Å². The molecule has 0 saturated heterocycles. The van der Waals surface area contributed by atoms with Gasteiger partial charge in [0.2, 0.25) is 0 Å². The van der Waals surface area contributed by atoms with Crippen molar-refractivity contribution in [3.63, 3.8) is 0 Å². The van der Waals surface area contributed by atoms with Gasteiger partial charge in [0.1, 0.15) is 5.75 Å². The number of ether oxygens (including phenoxy) is 2. The zero-order valence-corrected chi connectivity index (χ0v) is 17.9. The van der Waals surface area contributed by atoms with Gasteiger partial charge < -0.3 is 14.4 Å². The van der Waals surface area contributed by atoms with Gasteiger partial charge in [-0.15, -0.1) is 0 Å². The molecule has 1 aliphatic carbocycles. The van der Waals surface area contributed by atoms with Crippen molar-refractivity contribution in [2.24, 2.45) is 5.92 Å². The van der Waals surface area contributed by atoms with E-state index in [2.05, 4.69) is 43.3 Å². The third-order valence-electron chi connectivity index (χ3n) is 5.69. The topological polar surface area (TPSA) is 38.8 Å². The molecule has 29 heavy (non-hydrogen) atoms. The SMILES string of the molecule is COC(=O)c1cccc(/C=C2\CC[C@H](CN(C)C)C(c3cccc(OC)c3)C2)c1. The maximum Gasteiger partial charge on any atom is 0.337 e. The van der Waals surface area contributed by atoms with E-state index in [9.17, 15) is 4.79 Å². The standard InChI is InChI=1S/C25H31NO3/c1-26(2)17-22-12-11-19(13-18-7-5-9-21(14-18)25(27)29-4)15-24(22)20-8-6-10-23(16-20)28-3/h5-10,13-14,16,22,24H,11-12,15,17H2,1-4H3/b19-13+/t22-,24?/m1/s1. The molecule has 2 aromatic carbocycles. The molecular weight excluding hydrogens is 362 g/mol. The van der Waals surface area contributed by atoms with Gasteiger partial charge in [-0.3, -0.25) is 0 Å². The molecule has 0 bridgehead atoms. The van der Waals surface area contributed by atoms with Crippen LogP contribution in [0.5, 0.6) is 5.75 Å². The highest BCUT2D eigenvalue weighted by atomic mass is 16.5. The molecule has 0 aromatic heterocycles. The zero-order valence-electron chi connectivity index (χ0n) is 17.9. The zero-order chi connectivity index (χ0) is 20.8. The Hall–Kier alpha value is -2.59. The van der Waals surface area contributed by atoms with Crippen molar-refractivity contribution in [2.45, 2.75) is 25.2 Å². The smallest absolute Gasteiger partial charge is 0.337 e. The fourth-order valence-corrected chi connectivity index (χ4v) is 4.31. The summed E-state index contributed by atoms with van der Waals surface area (Å²) in [6.07, 6.45) is 5.50. The van der Waals surface area contributed by atoms with Crippen LogP contribution in [0.2, 0.25) is 0 Å². The predicted octanol–water partition coefficient (Wildman–Crippen LogP) is 5.01. The van der Waals surface area contributed by atoms with E-state index >= 15 is 0 Å². The van der Waals surface area contributed by atoms with E-state index in [1.807, 2.05) is 24.3 Å². The fourth-order valence-electron chi connectivity index (χ4n) is 4.31. The first-order valence-electron chi connectivity index (χ1n) is 10.2. The largest absolute Gasteiger partial charge is 0.497 e. The highest BCUT2D eigenvalue weighted by Crippen LogP contribution is 2.42. The molecule has 1 saturated carbocycles. The van der Waals surface area contributed by atoms with Gasteiger partial charge in [-0.1, -0.05) is 35.9 Å². The normalized spacial score (nSPS) is 20.7. The quantitative estimate of drug-likeness (QED) is 0.647. The molecule has 2 aromatic rings. The maximum absolute atomic E-state index is 11.8. The molecule has 3 rings (SSSR count). The molecule has 0 amide bonds. The number of benzene rings is 2. The Morgan fingerprint density at radius 1 is 1.14 bits per heavy atom. The lowest BCUT2D eigenvalue weighted by molar-refractivity contribution is 0.0600. The lowest BCUT2D eigenvalue weighted by atomic mass is 9.73. The molecule has 1 unspecified atom stereocenters. The van der Waals surface area contributed by atoms with E-state index in [-0.39, 0.29) is 5.97 Å². The van der Waals surface area contributed by atoms with Crippen LogP contribution < -0.4 is 4.74 Å². The second-order valence-corrected chi connectivity index (χ2v) is 8.07. The number of carbonyl (C=O) groups excluding carboxylic acids is 1. The van der Waals surface area contributed by atoms with Crippen molar-refractivity contribution in [1.29, 1.82) is 0 Å². The summed E-state index contributed by atoms with van der Waals surface area (Å²) in [6, 6.07) is 16.1. The Kier molecular flexibility index (Phi) is 7.10. The van der Waals surface area contributed by atoms with Gasteiger partial charge in [0.05, 0.1) is 19.8 Å². The molecule has 0 spiro atoms. The number of carbonyl (C=O) groups is 1. The summed E-state index contributed by atoms with van der Waals surface area (Å²) in [5, 5.41) is 0. The van der Waals surface area contributed by atoms with Gasteiger partial charge in [0, 0.05) is 6.54 Å². The summed E-state index contributed by atoms with van der Waals surface area (Å²) < 4.78 is 10.3. The van der Waals surface area contributed by atoms with Crippen LogP contribution in [0.25, 0.3) is 6.08 Å². The molecule has 0 heterocycles. The van der Waals surface area contributed by atoms with Gasteiger partial charge in [-0.05, 0) is 80.6 Å². The van der Waals surface area contributed by atoms with Crippen molar-refractivity contribution in [3.8, 4) is 5.75 Å². The first-order valence-corrected chi connectivity index (χ1v) is 10.2. The predicted molar refractivity (Wildman–Crippen MR) is 117 cm³/mol. The Labute approximate surface area is 174 Å². The number of hydrogen-bond donors (Lipinski definition) is 0. The third-order valence-corrected chi connectivity index (χ3v) is 5.69. The minimum absolute atomic E-state index is 0.297. The summed E-state index contributed by atoms with van der Waals surface area (Å²) >= 11 is 0. The second kappa shape index (κ2) is 9.75. The molecule has 0 N–H and O–H groups in total. The second-order valence-electron chi connectivity index (χ2n) is 8.07. The molecule has 1 aliphatic rings. The van der Waals surface area contributed by atoms with Crippen LogP contribution in [0.1, 0.15) is 46.7 Å². The van der Waals surface area contributed by atoms with Crippen molar-refractivity contribution < 1.29 is 14.3 Å². The van der Waals surface area contributed by atoms with Crippen molar-refractivity contribution in [2.75, 3.05) is 34.9 Å².